The lowest BCUT2D eigenvalue weighted by Crippen LogP contribution is -2.61. The molecule has 4 nitrogen and oxygen atoms in total. The maximum atomic E-state index is 7.68. The highest BCUT2D eigenvalue weighted by Gasteiger charge is 2.49. The molecule has 3 heterocycles. The fourth-order valence-electron chi connectivity index (χ4n) is 12.4. The molecule has 0 spiro atoms. The largest absolute Gasteiger partial charge is 0.468 e. The molecule has 9 aromatic rings. The van der Waals surface area contributed by atoms with E-state index in [-0.39, 0.29) is 33.8 Å². The van der Waals surface area contributed by atoms with E-state index in [4.69, 9.17) is 4.42 Å². The Kier molecular flexibility index (Phi) is 11.1. The molecule has 12 rings (SSSR count). The van der Waals surface area contributed by atoms with Gasteiger partial charge in [-0.3, -0.25) is 0 Å². The number of hydrogen-bond acceptors (Lipinski definition) is 4. The first kappa shape index (κ1) is 48.7. The Morgan fingerprint density at radius 1 is 0.480 bits per heavy atom. The lowest BCUT2D eigenvalue weighted by Gasteiger charge is -2.44. The smallest absolute Gasteiger partial charge is 0.297 e. The van der Waals surface area contributed by atoms with E-state index in [1.165, 1.54) is 50.0 Å². The van der Waals surface area contributed by atoms with Crippen LogP contribution >= 0.6 is 0 Å². The number of benzene rings is 8. The van der Waals surface area contributed by atoms with Crippen LogP contribution in [0.4, 0.5) is 51.2 Å². The van der Waals surface area contributed by atoms with Gasteiger partial charge in [0.25, 0.3) is 6.71 Å². The van der Waals surface area contributed by atoms with Crippen LogP contribution in [0.3, 0.4) is 0 Å². The van der Waals surface area contributed by atoms with Crippen molar-refractivity contribution in [3.05, 3.63) is 204 Å². The monoisotopic (exact) mass is 982 g/mol. The van der Waals surface area contributed by atoms with Gasteiger partial charge in [-0.15, -0.1) is 0 Å². The van der Waals surface area contributed by atoms with Crippen LogP contribution in [-0.4, -0.2) is 6.71 Å². The minimum atomic E-state index is -0.209. The second-order valence-electron chi connectivity index (χ2n) is 26.1. The molecule has 75 heavy (non-hydrogen) atoms. The molecule has 0 fully saturated rings. The van der Waals surface area contributed by atoms with Crippen molar-refractivity contribution in [2.45, 2.75) is 130 Å². The number of furan rings is 1. The SMILES string of the molecule is CC(C)(C)c1ccc(N2c3ccc(C(C)(C)C)cc3B3c4oc5cc6c(cc5c4N(c4ccc(C(C)(C)C)cc4)c4cc(N(c5ccccc5)c5ccccc5-c5ccccc5)cc2c43)C(C)(C)CCC6(C)C)cc1. The van der Waals surface area contributed by atoms with Gasteiger partial charge >= 0.3 is 0 Å². The third-order valence-electron chi connectivity index (χ3n) is 17.0. The Bertz CT molecular complexity index is 3660. The van der Waals surface area contributed by atoms with Crippen LogP contribution < -0.4 is 31.3 Å². The Labute approximate surface area is 447 Å². The number of anilines is 9. The highest BCUT2D eigenvalue weighted by molar-refractivity contribution is 7.00. The summed E-state index contributed by atoms with van der Waals surface area (Å²) in [4.78, 5) is 7.61. The van der Waals surface area contributed by atoms with Crippen LogP contribution in [0.2, 0.25) is 0 Å². The van der Waals surface area contributed by atoms with Crippen molar-refractivity contribution in [2.75, 3.05) is 14.7 Å². The van der Waals surface area contributed by atoms with Crippen LogP contribution in [0.15, 0.2) is 180 Å². The molecule has 0 saturated heterocycles. The van der Waals surface area contributed by atoms with E-state index in [0.29, 0.717) is 0 Å². The minimum Gasteiger partial charge on any atom is -0.468 e. The highest BCUT2D eigenvalue weighted by Crippen LogP contribution is 2.54. The molecule has 0 radical (unpaired) electrons. The van der Waals surface area contributed by atoms with Gasteiger partial charge in [-0.25, -0.2) is 0 Å². The van der Waals surface area contributed by atoms with Crippen molar-refractivity contribution in [3.63, 3.8) is 0 Å². The molecule has 1 aliphatic carbocycles. The van der Waals surface area contributed by atoms with Gasteiger partial charge in [0.1, 0.15) is 5.58 Å². The predicted molar refractivity (Wildman–Crippen MR) is 322 cm³/mol. The van der Waals surface area contributed by atoms with Crippen LogP contribution in [0, 0.1) is 0 Å². The summed E-state index contributed by atoms with van der Waals surface area (Å²) < 4.78 is 7.68. The van der Waals surface area contributed by atoms with Crippen LogP contribution in [0.5, 0.6) is 0 Å². The zero-order valence-electron chi connectivity index (χ0n) is 46.5. The number of para-hydroxylation sites is 2. The van der Waals surface area contributed by atoms with Crippen molar-refractivity contribution in [1.29, 1.82) is 0 Å². The average molecular weight is 982 g/mol. The minimum absolute atomic E-state index is 0.000283. The van der Waals surface area contributed by atoms with E-state index in [2.05, 4.69) is 281 Å². The van der Waals surface area contributed by atoms with Crippen molar-refractivity contribution < 1.29 is 4.42 Å². The molecular formula is C70H72BN3O. The van der Waals surface area contributed by atoms with Crippen molar-refractivity contribution in [2.24, 2.45) is 0 Å². The molecule has 2 aliphatic heterocycles. The van der Waals surface area contributed by atoms with Gasteiger partial charge in [-0.05, 0) is 157 Å². The first-order valence-electron chi connectivity index (χ1n) is 27.3. The van der Waals surface area contributed by atoms with Crippen LogP contribution in [0.1, 0.15) is 131 Å². The molecule has 8 aromatic carbocycles. The maximum Gasteiger partial charge on any atom is 0.297 e. The number of rotatable bonds is 6. The second-order valence-corrected chi connectivity index (χ2v) is 26.1. The highest BCUT2D eigenvalue weighted by atomic mass is 16.3. The number of fused-ring (bicyclic) bond motifs is 7. The first-order valence-corrected chi connectivity index (χ1v) is 27.3. The Morgan fingerprint density at radius 2 is 0.987 bits per heavy atom. The normalized spacial score (nSPS) is 15.6. The third-order valence-corrected chi connectivity index (χ3v) is 17.0. The molecule has 1 aromatic heterocycles. The maximum absolute atomic E-state index is 7.68. The topological polar surface area (TPSA) is 22.9 Å². The molecule has 0 atom stereocenters. The third kappa shape index (κ3) is 8.12. The molecule has 0 N–H and O–H groups in total. The average Bonchev–Trinajstić information content (AvgIpc) is 3.81. The fraction of sp³-hybridized carbons (Fsp3) is 0.286. The molecule has 0 bridgehead atoms. The predicted octanol–water partition coefficient (Wildman–Crippen LogP) is 17.9. The van der Waals surface area contributed by atoms with E-state index in [1.807, 2.05) is 0 Å². The molecule has 0 unspecified atom stereocenters. The summed E-state index contributed by atoms with van der Waals surface area (Å²) in [6.45, 7) is 30.3. The lowest BCUT2D eigenvalue weighted by atomic mass is 9.35. The summed E-state index contributed by atoms with van der Waals surface area (Å²) in [5.74, 6) is 0. The fourth-order valence-corrected chi connectivity index (χ4v) is 12.4. The Balaban J connectivity index is 1.24. The van der Waals surface area contributed by atoms with Gasteiger partial charge in [0.2, 0.25) is 0 Å². The summed E-state index contributed by atoms with van der Waals surface area (Å²) in [6, 6.07) is 66.6. The van der Waals surface area contributed by atoms with Gasteiger partial charge in [0.05, 0.1) is 22.7 Å². The van der Waals surface area contributed by atoms with Gasteiger partial charge in [-0.1, -0.05) is 193 Å². The van der Waals surface area contributed by atoms with Gasteiger partial charge < -0.3 is 19.1 Å². The van der Waals surface area contributed by atoms with E-state index in [9.17, 15) is 0 Å². The molecule has 0 amide bonds. The Morgan fingerprint density at radius 3 is 1.57 bits per heavy atom. The summed E-state index contributed by atoms with van der Waals surface area (Å²) in [7, 11) is 0. The van der Waals surface area contributed by atoms with E-state index >= 15 is 0 Å². The van der Waals surface area contributed by atoms with Crippen molar-refractivity contribution in [3.8, 4) is 11.1 Å². The van der Waals surface area contributed by atoms with E-state index in [1.54, 1.807) is 0 Å². The number of hydrogen-bond donors (Lipinski definition) is 0. The molecule has 3 aliphatic rings. The van der Waals surface area contributed by atoms with E-state index in [0.717, 1.165) is 80.5 Å². The van der Waals surface area contributed by atoms with Gasteiger partial charge in [0, 0.05) is 45.1 Å². The van der Waals surface area contributed by atoms with Crippen molar-refractivity contribution >= 4 is 85.5 Å². The van der Waals surface area contributed by atoms with Crippen molar-refractivity contribution in [1.82, 2.24) is 0 Å². The van der Waals surface area contributed by atoms with Gasteiger partial charge in [0.15, 0.2) is 0 Å². The standard InChI is InChI=1S/C70H72BN3O/c1-66(2,3)46-28-33-50(34-29-46)73-59-37-32-48(68(7,8)9)40-57(59)71-63-60(73)41-52(72(49-24-18-15-19-25-49)58-27-21-20-26-53(58)45-22-16-14-17-23-45)42-61(63)74(51-35-30-47(31-36-51)67(4,5)6)64-54-43-55-56(44-62(54)75-65(64)71)70(12,13)39-38-69(55,10)11/h14-37,40-44H,38-39H2,1-13H3. The summed E-state index contributed by atoms with van der Waals surface area (Å²) in [5, 5.41) is 1.16. The zero-order chi connectivity index (χ0) is 52.6. The van der Waals surface area contributed by atoms with Gasteiger partial charge in [-0.2, -0.15) is 0 Å². The summed E-state index contributed by atoms with van der Waals surface area (Å²) in [5.41, 5.74) is 23.4. The zero-order valence-corrected chi connectivity index (χ0v) is 46.5. The quantitative estimate of drug-likeness (QED) is 0.155. The molecule has 0 saturated carbocycles. The van der Waals surface area contributed by atoms with Crippen LogP contribution in [-0.2, 0) is 27.1 Å². The first-order chi connectivity index (χ1) is 35.6. The number of nitrogens with zero attached hydrogens (tertiary/aromatic N) is 3. The molecular weight excluding hydrogens is 910 g/mol. The molecule has 5 heteroatoms. The van der Waals surface area contributed by atoms with Crippen LogP contribution in [0.25, 0.3) is 22.1 Å². The second kappa shape index (κ2) is 17.1. The summed E-state index contributed by atoms with van der Waals surface area (Å²) >= 11 is 0. The Hall–Kier alpha value is -7.24. The summed E-state index contributed by atoms with van der Waals surface area (Å²) in [6.07, 6.45) is 2.26. The molecule has 376 valence electrons. The van der Waals surface area contributed by atoms with E-state index < -0.39 is 0 Å². The lowest BCUT2D eigenvalue weighted by molar-refractivity contribution is 0.332.